The molecule has 0 fully saturated rings. The highest BCUT2D eigenvalue weighted by Gasteiger charge is 2.12. The van der Waals surface area contributed by atoms with Crippen molar-refractivity contribution in [2.75, 3.05) is 9.91 Å². The van der Waals surface area contributed by atoms with Crippen LogP contribution in [0.1, 0.15) is 22.8 Å². The highest BCUT2D eigenvalue weighted by molar-refractivity contribution is 5.94. The lowest BCUT2D eigenvalue weighted by Crippen LogP contribution is -2.10. The summed E-state index contributed by atoms with van der Waals surface area (Å²) in [6.07, 6.45) is 1.85. The van der Waals surface area contributed by atoms with E-state index in [1.165, 1.54) is 0 Å². The van der Waals surface area contributed by atoms with Crippen LogP contribution in [0.25, 0.3) is 0 Å². The van der Waals surface area contributed by atoms with E-state index in [0.29, 0.717) is 5.56 Å². The van der Waals surface area contributed by atoms with Crippen LogP contribution >= 0.6 is 0 Å². The van der Waals surface area contributed by atoms with E-state index in [1.807, 2.05) is 102 Å². The summed E-state index contributed by atoms with van der Waals surface area (Å²) in [5, 5.41) is 6.68. The number of hydrazone groups is 1. The van der Waals surface area contributed by atoms with Crippen molar-refractivity contribution in [2.24, 2.45) is 5.10 Å². The van der Waals surface area contributed by atoms with Crippen molar-refractivity contribution in [3.8, 4) is 0 Å². The summed E-state index contributed by atoms with van der Waals surface area (Å²) in [4.78, 5) is 13.9. The molecule has 0 atom stereocenters. The Kier molecular flexibility index (Phi) is 7.19. The van der Waals surface area contributed by atoms with Crippen LogP contribution in [0.3, 0.4) is 0 Å². The molecule has 0 amide bonds. The van der Waals surface area contributed by atoms with Crippen LogP contribution in [0.15, 0.2) is 145 Å². The largest absolute Gasteiger partial charge is 0.311 e. The maximum Gasteiger partial charge on any atom is 0.159 e. The number of benzene rings is 5. The van der Waals surface area contributed by atoms with Gasteiger partial charge in [-0.05, 0) is 85.3 Å². The van der Waals surface area contributed by atoms with Gasteiger partial charge in [0.25, 0.3) is 0 Å². The standard InChI is InChI=1S/C33H27N3O/c1-26(37)28-19-23-33(24-20-28)36(32-15-9-4-10-16-32)34-25-27-17-21-31(22-18-27)35(29-11-5-2-6-12-29)30-13-7-3-8-14-30/h2-25H,1H3. The SMILES string of the molecule is CC(=O)c1ccc(N(N=Cc2ccc(N(c3ccccc3)c3ccccc3)cc2)c2ccccc2)cc1. The third-order valence-electron chi connectivity index (χ3n) is 6.02. The number of ketones is 1. The van der Waals surface area contributed by atoms with E-state index in [2.05, 4.69) is 53.4 Å². The van der Waals surface area contributed by atoms with Gasteiger partial charge in [-0.25, -0.2) is 5.01 Å². The molecule has 0 spiro atoms. The molecule has 0 aromatic heterocycles. The molecule has 0 aliphatic heterocycles. The zero-order valence-corrected chi connectivity index (χ0v) is 20.6. The average Bonchev–Trinajstić information content (AvgIpc) is 2.96. The van der Waals surface area contributed by atoms with Gasteiger partial charge in [0.05, 0.1) is 17.6 Å². The third-order valence-corrected chi connectivity index (χ3v) is 6.02. The van der Waals surface area contributed by atoms with Crippen LogP contribution in [-0.4, -0.2) is 12.0 Å². The Morgan fingerprint density at radius 3 is 1.43 bits per heavy atom. The highest BCUT2D eigenvalue weighted by atomic mass is 16.1. The Balaban J connectivity index is 1.44. The van der Waals surface area contributed by atoms with Gasteiger partial charge in [-0.15, -0.1) is 0 Å². The summed E-state index contributed by atoms with van der Waals surface area (Å²) in [6, 6.07) is 46.5. The van der Waals surface area contributed by atoms with Gasteiger partial charge in [-0.1, -0.05) is 66.7 Å². The van der Waals surface area contributed by atoms with Crippen molar-refractivity contribution in [3.05, 3.63) is 151 Å². The third kappa shape index (κ3) is 5.65. The highest BCUT2D eigenvalue weighted by Crippen LogP contribution is 2.34. The molecule has 4 heteroatoms. The summed E-state index contributed by atoms with van der Waals surface area (Å²) in [5.74, 6) is 0.0430. The number of hydrogen-bond acceptors (Lipinski definition) is 4. The minimum Gasteiger partial charge on any atom is -0.311 e. The fourth-order valence-electron chi connectivity index (χ4n) is 4.12. The normalized spacial score (nSPS) is 10.8. The maximum absolute atomic E-state index is 11.7. The first-order valence-electron chi connectivity index (χ1n) is 12.2. The molecular formula is C33H27N3O. The van der Waals surface area contributed by atoms with Gasteiger partial charge in [0, 0.05) is 22.6 Å². The summed E-state index contributed by atoms with van der Waals surface area (Å²) in [5.41, 5.74) is 6.73. The van der Waals surface area contributed by atoms with E-state index < -0.39 is 0 Å². The summed E-state index contributed by atoms with van der Waals surface area (Å²) in [7, 11) is 0. The Morgan fingerprint density at radius 2 is 0.946 bits per heavy atom. The monoisotopic (exact) mass is 481 g/mol. The number of para-hydroxylation sites is 3. The fraction of sp³-hybridized carbons (Fsp3) is 0.0303. The molecule has 0 saturated carbocycles. The molecule has 0 aliphatic rings. The topological polar surface area (TPSA) is 35.9 Å². The van der Waals surface area contributed by atoms with Gasteiger partial charge in [0.15, 0.2) is 5.78 Å². The van der Waals surface area contributed by atoms with Crippen LogP contribution in [-0.2, 0) is 0 Å². The van der Waals surface area contributed by atoms with E-state index in [0.717, 1.165) is 34.0 Å². The minimum atomic E-state index is 0.0430. The molecule has 0 heterocycles. The lowest BCUT2D eigenvalue weighted by atomic mass is 10.1. The van der Waals surface area contributed by atoms with Crippen LogP contribution in [0.2, 0.25) is 0 Å². The molecule has 37 heavy (non-hydrogen) atoms. The zero-order valence-electron chi connectivity index (χ0n) is 20.6. The average molecular weight is 482 g/mol. The molecule has 0 radical (unpaired) electrons. The Morgan fingerprint density at radius 1 is 0.541 bits per heavy atom. The van der Waals surface area contributed by atoms with Gasteiger partial charge in [0.1, 0.15) is 0 Å². The van der Waals surface area contributed by atoms with Crippen LogP contribution in [0, 0.1) is 0 Å². The van der Waals surface area contributed by atoms with Gasteiger partial charge in [0.2, 0.25) is 0 Å². The molecule has 4 nitrogen and oxygen atoms in total. The van der Waals surface area contributed by atoms with E-state index in [1.54, 1.807) is 6.92 Å². The van der Waals surface area contributed by atoms with Crippen LogP contribution < -0.4 is 9.91 Å². The van der Waals surface area contributed by atoms with E-state index in [4.69, 9.17) is 5.10 Å². The van der Waals surface area contributed by atoms with E-state index >= 15 is 0 Å². The molecule has 180 valence electrons. The van der Waals surface area contributed by atoms with Crippen molar-refractivity contribution in [1.29, 1.82) is 0 Å². The van der Waals surface area contributed by atoms with Crippen LogP contribution in [0.5, 0.6) is 0 Å². The lowest BCUT2D eigenvalue weighted by molar-refractivity contribution is 0.101. The van der Waals surface area contributed by atoms with Crippen molar-refractivity contribution < 1.29 is 4.79 Å². The predicted molar refractivity (Wildman–Crippen MR) is 154 cm³/mol. The number of rotatable bonds is 8. The number of hydrogen-bond donors (Lipinski definition) is 0. The zero-order chi connectivity index (χ0) is 25.5. The van der Waals surface area contributed by atoms with E-state index in [-0.39, 0.29) is 5.78 Å². The quantitative estimate of drug-likeness (QED) is 0.127. The number of carbonyl (C=O) groups is 1. The van der Waals surface area contributed by atoms with Gasteiger partial charge in [-0.2, -0.15) is 5.10 Å². The minimum absolute atomic E-state index is 0.0430. The summed E-state index contributed by atoms with van der Waals surface area (Å²) >= 11 is 0. The summed E-state index contributed by atoms with van der Waals surface area (Å²) in [6.45, 7) is 1.57. The van der Waals surface area contributed by atoms with Crippen LogP contribution in [0.4, 0.5) is 28.4 Å². The number of Topliss-reactive ketones (excluding diaryl/α,β-unsaturated/α-hetero) is 1. The molecule has 0 bridgehead atoms. The molecule has 5 rings (SSSR count). The van der Waals surface area contributed by atoms with Crippen molar-refractivity contribution in [1.82, 2.24) is 0 Å². The Hall–Kier alpha value is -4.96. The van der Waals surface area contributed by atoms with Crippen molar-refractivity contribution in [3.63, 3.8) is 0 Å². The number of nitrogens with zero attached hydrogens (tertiary/aromatic N) is 3. The van der Waals surface area contributed by atoms with Crippen molar-refractivity contribution in [2.45, 2.75) is 6.92 Å². The summed E-state index contributed by atoms with van der Waals surface area (Å²) < 4.78 is 0. The van der Waals surface area contributed by atoms with Gasteiger partial charge >= 0.3 is 0 Å². The first-order valence-corrected chi connectivity index (χ1v) is 12.2. The molecule has 0 aliphatic carbocycles. The number of carbonyl (C=O) groups excluding carboxylic acids is 1. The predicted octanol–water partition coefficient (Wildman–Crippen LogP) is 8.53. The smallest absolute Gasteiger partial charge is 0.159 e. The first-order chi connectivity index (χ1) is 18.2. The van der Waals surface area contributed by atoms with Gasteiger partial charge < -0.3 is 4.90 Å². The second kappa shape index (κ2) is 11.2. The lowest BCUT2D eigenvalue weighted by Gasteiger charge is -2.25. The second-order valence-corrected chi connectivity index (χ2v) is 8.59. The molecule has 0 unspecified atom stereocenters. The number of anilines is 5. The van der Waals surface area contributed by atoms with Gasteiger partial charge in [-0.3, -0.25) is 4.79 Å². The van der Waals surface area contributed by atoms with Crippen molar-refractivity contribution >= 4 is 40.4 Å². The Bertz CT molecular complexity index is 1420. The molecule has 5 aromatic rings. The molecule has 0 N–H and O–H groups in total. The van der Waals surface area contributed by atoms with E-state index in [9.17, 15) is 4.79 Å². The molecule has 0 saturated heterocycles. The first kappa shape index (κ1) is 23.8. The maximum atomic E-state index is 11.7. The second-order valence-electron chi connectivity index (χ2n) is 8.59. The fourth-order valence-corrected chi connectivity index (χ4v) is 4.12. The Labute approximate surface area is 217 Å². The molecular weight excluding hydrogens is 454 g/mol. The molecule has 5 aromatic carbocycles.